The Bertz CT molecular complexity index is 1400. The summed E-state index contributed by atoms with van der Waals surface area (Å²) in [5.74, 6) is -0.319. The van der Waals surface area contributed by atoms with E-state index >= 15 is 0 Å². The summed E-state index contributed by atoms with van der Waals surface area (Å²) in [4.78, 5) is 24.5. The van der Waals surface area contributed by atoms with Gasteiger partial charge in [0.2, 0.25) is 0 Å². The molecule has 0 aliphatic carbocycles. The van der Waals surface area contributed by atoms with E-state index in [1.807, 2.05) is 24.3 Å². The number of imidazole rings is 1. The van der Waals surface area contributed by atoms with E-state index in [-0.39, 0.29) is 16.5 Å². The topological polar surface area (TPSA) is 70.7 Å². The van der Waals surface area contributed by atoms with Crippen molar-refractivity contribution in [2.45, 2.75) is 0 Å². The maximum Gasteiger partial charge on any atom is 0.255 e. The molecule has 0 saturated heterocycles. The number of benzene rings is 3. The second-order valence-corrected chi connectivity index (χ2v) is 7.16. The molecule has 2 heterocycles. The minimum absolute atomic E-state index is 0.202. The molecule has 0 aliphatic rings. The van der Waals surface area contributed by atoms with Crippen LogP contribution in [0, 0.1) is 5.82 Å². The molecule has 0 aliphatic heterocycles. The fraction of sp³-hybridized carbons (Fsp3) is 0. The zero-order valence-corrected chi connectivity index (χ0v) is 16.2. The number of aromatic nitrogens is 3. The molecule has 0 radical (unpaired) electrons. The lowest BCUT2D eigenvalue weighted by Gasteiger charge is -2.06. The van der Waals surface area contributed by atoms with Gasteiger partial charge in [-0.05, 0) is 42.5 Å². The standard InChI is InChI=1S/C23H14ClFN4O/c24-16-7-4-8-17(25)20(16)22-28-19-12-26-18-11-14(9-10-15(18)21(19)29-22)27-23(30)13-5-2-1-3-6-13/h1-12H,(H,27,30)(H,28,29). The van der Waals surface area contributed by atoms with E-state index < -0.39 is 5.82 Å². The van der Waals surface area contributed by atoms with Gasteiger partial charge in [-0.2, -0.15) is 0 Å². The minimum Gasteiger partial charge on any atom is -0.337 e. The zero-order chi connectivity index (χ0) is 20.7. The Morgan fingerprint density at radius 1 is 1.03 bits per heavy atom. The van der Waals surface area contributed by atoms with Gasteiger partial charge in [-0.1, -0.05) is 35.9 Å². The number of H-pyrrole nitrogens is 1. The first-order valence-electron chi connectivity index (χ1n) is 9.19. The van der Waals surface area contributed by atoms with Crippen LogP contribution >= 0.6 is 11.6 Å². The van der Waals surface area contributed by atoms with Crippen molar-refractivity contribution in [3.8, 4) is 11.4 Å². The normalized spacial score (nSPS) is 11.1. The Labute approximate surface area is 175 Å². The van der Waals surface area contributed by atoms with Crippen molar-refractivity contribution in [1.29, 1.82) is 0 Å². The van der Waals surface area contributed by atoms with Crippen LogP contribution < -0.4 is 5.32 Å². The van der Waals surface area contributed by atoms with Crippen LogP contribution in [0.5, 0.6) is 0 Å². The van der Waals surface area contributed by atoms with Gasteiger partial charge >= 0.3 is 0 Å². The van der Waals surface area contributed by atoms with Gasteiger partial charge in [0.05, 0.1) is 33.3 Å². The Morgan fingerprint density at radius 3 is 2.67 bits per heavy atom. The maximum atomic E-state index is 14.3. The van der Waals surface area contributed by atoms with E-state index in [1.54, 1.807) is 42.6 Å². The van der Waals surface area contributed by atoms with Crippen molar-refractivity contribution >= 4 is 45.1 Å². The molecule has 3 aromatic carbocycles. The number of aromatic amines is 1. The van der Waals surface area contributed by atoms with E-state index in [0.717, 1.165) is 5.39 Å². The highest BCUT2D eigenvalue weighted by molar-refractivity contribution is 6.33. The van der Waals surface area contributed by atoms with Gasteiger partial charge in [0.1, 0.15) is 11.6 Å². The van der Waals surface area contributed by atoms with Crippen LogP contribution in [-0.4, -0.2) is 20.9 Å². The van der Waals surface area contributed by atoms with E-state index in [1.165, 1.54) is 6.07 Å². The van der Waals surface area contributed by atoms with Crippen molar-refractivity contribution in [3.63, 3.8) is 0 Å². The minimum atomic E-state index is -0.454. The Hall–Kier alpha value is -3.77. The molecule has 0 saturated carbocycles. The van der Waals surface area contributed by atoms with Gasteiger partial charge in [0, 0.05) is 16.6 Å². The molecule has 5 rings (SSSR count). The number of hydrogen-bond donors (Lipinski definition) is 2. The van der Waals surface area contributed by atoms with Crippen LogP contribution in [0.4, 0.5) is 10.1 Å². The number of anilines is 1. The number of rotatable bonds is 3. The number of carbonyl (C=O) groups excluding carboxylic acids is 1. The molecule has 0 unspecified atom stereocenters. The third kappa shape index (κ3) is 3.17. The monoisotopic (exact) mass is 416 g/mol. The zero-order valence-electron chi connectivity index (χ0n) is 15.5. The number of fused-ring (bicyclic) bond motifs is 3. The second kappa shape index (κ2) is 7.24. The van der Waals surface area contributed by atoms with Crippen LogP contribution in [0.25, 0.3) is 33.3 Å². The number of hydrogen-bond acceptors (Lipinski definition) is 3. The van der Waals surface area contributed by atoms with Gasteiger partial charge in [-0.15, -0.1) is 0 Å². The summed E-state index contributed by atoms with van der Waals surface area (Å²) >= 11 is 6.17. The molecular weight excluding hydrogens is 403 g/mol. The first-order chi connectivity index (χ1) is 14.6. The highest BCUT2D eigenvalue weighted by Crippen LogP contribution is 2.32. The largest absolute Gasteiger partial charge is 0.337 e. The Kier molecular flexibility index (Phi) is 4.41. The summed E-state index contributed by atoms with van der Waals surface area (Å²) in [5, 5.41) is 3.92. The number of nitrogens with zero attached hydrogens (tertiary/aromatic N) is 2. The summed E-state index contributed by atoms with van der Waals surface area (Å²) in [6.07, 6.45) is 1.63. The molecule has 2 N–H and O–H groups in total. The molecule has 5 nitrogen and oxygen atoms in total. The van der Waals surface area contributed by atoms with Crippen LogP contribution in [0.1, 0.15) is 10.4 Å². The number of pyridine rings is 1. The smallest absolute Gasteiger partial charge is 0.255 e. The summed E-state index contributed by atoms with van der Waals surface area (Å²) in [6, 6.07) is 18.9. The maximum absolute atomic E-state index is 14.3. The van der Waals surface area contributed by atoms with Crippen molar-refractivity contribution in [1.82, 2.24) is 15.0 Å². The average molecular weight is 417 g/mol. The first kappa shape index (κ1) is 18.3. The highest BCUT2D eigenvalue weighted by Gasteiger charge is 2.16. The molecule has 0 fully saturated rings. The molecule has 30 heavy (non-hydrogen) atoms. The predicted octanol–water partition coefficient (Wildman–Crippen LogP) is 5.82. The van der Waals surface area contributed by atoms with Gasteiger partial charge in [-0.25, -0.2) is 9.37 Å². The molecule has 1 amide bonds. The Morgan fingerprint density at radius 2 is 1.87 bits per heavy atom. The molecule has 0 atom stereocenters. The summed E-state index contributed by atoms with van der Waals surface area (Å²) in [7, 11) is 0. The van der Waals surface area contributed by atoms with Crippen LogP contribution in [0.3, 0.4) is 0 Å². The Balaban J connectivity index is 1.55. The number of nitrogens with one attached hydrogen (secondary N) is 2. The number of halogens is 2. The van der Waals surface area contributed by atoms with Crippen LogP contribution in [-0.2, 0) is 0 Å². The van der Waals surface area contributed by atoms with E-state index in [0.29, 0.717) is 33.6 Å². The SMILES string of the molecule is O=C(Nc1ccc2c(c1)ncc1[nH]c(-c3c(F)cccc3Cl)nc12)c1ccccc1. The lowest BCUT2D eigenvalue weighted by atomic mass is 10.1. The van der Waals surface area contributed by atoms with E-state index in [2.05, 4.69) is 20.3 Å². The number of carbonyl (C=O) groups is 1. The average Bonchev–Trinajstić information content (AvgIpc) is 3.18. The van der Waals surface area contributed by atoms with Gasteiger partial charge in [0.25, 0.3) is 5.91 Å². The second-order valence-electron chi connectivity index (χ2n) is 6.75. The lowest BCUT2D eigenvalue weighted by Crippen LogP contribution is -2.11. The summed E-state index contributed by atoms with van der Waals surface area (Å²) < 4.78 is 14.3. The molecular formula is C23H14ClFN4O. The van der Waals surface area contributed by atoms with Gasteiger partial charge in [0.15, 0.2) is 0 Å². The van der Waals surface area contributed by atoms with Crippen molar-refractivity contribution < 1.29 is 9.18 Å². The van der Waals surface area contributed by atoms with Crippen molar-refractivity contribution in [2.75, 3.05) is 5.32 Å². The fourth-order valence-electron chi connectivity index (χ4n) is 3.37. The molecule has 0 spiro atoms. The van der Waals surface area contributed by atoms with Crippen LogP contribution in [0.15, 0.2) is 72.9 Å². The first-order valence-corrected chi connectivity index (χ1v) is 9.57. The molecule has 2 aromatic heterocycles. The van der Waals surface area contributed by atoms with E-state index in [9.17, 15) is 9.18 Å². The summed E-state index contributed by atoms with van der Waals surface area (Å²) in [5.41, 5.74) is 3.38. The lowest BCUT2D eigenvalue weighted by molar-refractivity contribution is 0.102. The highest BCUT2D eigenvalue weighted by atomic mass is 35.5. The molecule has 5 aromatic rings. The van der Waals surface area contributed by atoms with Gasteiger partial charge < -0.3 is 10.3 Å². The molecule has 0 bridgehead atoms. The van der Waals surface area contributed by atoms with Crippen LogP contribution in [0.2, 0.25) is 5.02 Å². The van der Waals surface area contributed by atoms with Crippen molar-refractivity contribution in [2.24, 2.45) is 0 Å². The molecule has 7 heteroatoms. The quantitative estimate of drug-likeness (QED) is 0.389. The summed E-state index contributed by atoms with van der Waals surface area (Å²) in [6.45, 7) is 0. The van der Waals surface area contributed by atoms with E-state index in [4.69, 9.17) is 11.6 Å². The third-order valence-corrected chi connectivity index (χ3v) is 5.13. The van der Waals surface area contributed by atoms with Gasteiger partial charge in [-0.3, -0.25) is 9.78 Å². The van der Waals surface area contributed by atoms with Crippen molar-refractivity contribution in [3.05, 3.63) is 89.3 Å². The predicted molar refractivity (Wildman–Crippen MR) is 116 cm³/mol. The molecule has 146 valence electrons. The fourth-order valence-corrected chi connectivity index (χ4v) is 3.62. The number of amides is 1. The third-order valence-electron chi connectivity index (χ3n) is 4.81.